The molecule has 0 bridgehead atoms. The highest BCUT2D eigenvalue weighted by molar-refractivity contribution is 9.10. The monoisotopic (exact) mass is 328 g/mol. The summed E-state index contributed by atoms with van der Waals surface area (Å²) in [4.78, 5) is 0. The van der Waals surface area contributed by atoms with E-state index in [2.05, 4.69) is 28.3 Å². The molecule has 0 amide bonds. The van der Waals surface area contributed by atoms with Gasteiger partial charge in [0.2, 0.25) is 0 Å². The van der Waals surface area contributed by atoms with Crippen LogP contribution >= 0.6 is 15.9 Å². The lowest BCUT2D eigenvalue weighted by Crippen LogP contribution is -2.43. The standard InChI is InChI=1S/C15H22BrFN2/c1-10-2-5-12(6-3-10)15(19-18)9-11-4-7-14(17)13(16)8-11/h4,7-8,10,12,15,19H,2-3,5-6,9,18H2,1H3. The normalized spacial score (nSPS) is 25.3. The van der Waals surface area contributed by atoms with E-state index in [1.54, 1.807) is 0 Å². The predicted octanol–water partition coefficient (Wildman–Crippen LogP) is 3.79. The van der Waals surface area contributed by atoms with Crippen molar-refractivity contribution in [1.29, 1.82) is 0 Å². The molecule has 2 nitrogen and oxygen atoms in total. The Morgan fingerprint density at radius 1 is 1.37 bits per heavy atom. The van der Waals surface area contributed by atoms with Gasteiger partial charge in [-0.05, 0) is 64.7 Å². The van der Waals surface area contributed by atoms with Crippen LogP contribution in [0.1, 0.15) is 38.2 Å². The Morgan fingerprint density at radius 3 is 2.63 bits per heavy atom. The molecule has 0 aliphatic heterocycles. The van der Waals surface area contributed by atoms with Crippen LogP contribution in [-0.4, -0.2) is 6.04 Å². The van der Waals surface area contributed by atoms with Crippen molar-refractivity contribution in [2.75, 3.05) is 0 Å². The lowest BCUT2D eigenvalue weighted by molar-refractivity contribution is 0.229. The molecule has 2 rings (SSSR count). The van der Waals surface area contributed by atoms with Crippen LogP contribution in [0.5, 0.6) is 0 Å². The number of benzene rings is 1. The third kappa shape index (κ3) is 4.01. The quantitative estimate of drug-likeness (QED) is 0.651. The van der Waals surface area contributed by atoms with Crippen molar-refractivity contribution < 1.29 is 4.39 Å². The Morgan fingerprint density at radius 2 is 2.05 bits per heavy atom. The summed E-state index contributed by atoms with van der Waals surface area (Å²) in [7, 11) is 0. The first-order valence-corrected chi connectivity index (χ1v) is 7.79. The summed E-state index contributed by atoms with van der Waals surface area (Å²) in [6.45, 7) is 2.32. The second kappa shape index (κ2) is 6.82. The van der Waals surface area contributed by atoms with Crippen molar-refractivity contribution in [1.82, 2.24) is 5.43 Å². The minimum Gasteiger partial charge on any atom is -0.271 e. The van der Waals surface area contributed by atoms with Crippen LogP contribution in [0.15, 0.2) is 22.7 Å². The fourth-order valence-corrected chi connectivity index (χ4v) is 3.40. The molecule has 106 valence electrons. The topological polar surface area (TPSA) is 38.0 Å². The van der Waals surface area contributed by atoms with Gasteiger partial charge in [-0.1, -0.05) is 25.8 Å². The first-order valence-electron chi connectivity index (χ1n) is 7.00. The Hall–Kier alpha value is -0.450. The Balaban J connectivity index is 2.00. The first kappa shape index (κ1) is 14.9. The van der Waals surface area contributed by atoms with E-state index in [-0.39, 0.29) is 11.9 Å². The zero-order valence-corrected chi connectivity index (χ0v) is 12.9. The number of hydrogen-bond acceptors (Lipinski definition) is 2. The summed E-state index contributed by atoms with van der Waals surface area (Å²) in [5.41, 5.74) is 4.08. The SMILES string of the molecule is CC1CCC(C(Cc2ccc(F)c(Br)c2)NN)CC1. The summed E-state index contributed by atoms with van der Waals surface area (Å²) < 4.78 is 13.8. The minimum atomic E-state index is -0.215. The van der Waals surface area contributed by atoms with Gasteiger partial charge in [-0.15, -0.1) is 0 Å². The number of halogens is 2. The van der Waals surface area contributed by atoms with E-state index in [9.17, 15) is 4.39 Å². The fraction of sp³-hybridized carbons (Fsp3) is 0.600. The molecule has 0 saturated heterocycles. The maximum Gasteiger partial charge on any atom is 0.137 e. The van der Waals surface area contributed by atoms with Gasteiger partial charge in [0.1, 0.15) is 5.82 Å². The number of nitrogens with two attached hydrogens (primary N) is 1. The van der Waals surface area contributed by atoms with E-state index in [0.29, 0.717) is 10.4 Å². The molecule has 19 heavy (non-hydrogen) atoms. The molecule has 1 fully saturated rings. The number of rotatable bonds is 4. The van der Waals surface area contributed by atoms with Crippen molar-refractivity contribution in [3.8, 4) is 0 Å². The average molecular weight is 329 g/mol. The second-order valence-corrected chi connectivity index (χ2v) is 6.60. The third-order valence-electron chi connectivity index (χ3n) is 4.28. The molecule has 1 aliphatic carbocycles. The Kier molecular flexibility index (Phi) is 5.37. The number of hydrazine groups is 1. The van der Waals surface area contributed by atoms with Gasteiger partial charge in [-0.3, -0.25) is 11.3 Å². The van der Waals surface area contributed by atoms with E-state index in [1.807, 2.05) is 12.1 Å². The summed E-state index contributed by atoms with van der Waals surface area (Å²) in [6, 6.07) is 5.49. The smallest absolute Gasteiger partial charge is 0.137 e. The Labute approximate surface area is 123 Å². The number of hydrogen-bond donors (Lipinski definition) is 2. The van der Waals surface area contributed by atoms with Gasteiger partial charge in [0, 0.05) is 6.04 Å². The van der Waals surface area contributed by atoms with Crippen LogP contribution in [0.3, 0.4) is 0 Å². The molecular formula is C15H22BrFN2. The average Bonchev–Trinajstić information content (AvgIpc) is 2.41. The molecule has 0 heterocycles. The predicted molar refractivity (Wildman–Crippen MR) is 80.0 cm³/mol. The van der Waals surface area contributed by atoms with E-state index in [0.717, 1.165) is 17.9 Å². The van der Waals surface area contributed by atoms with Crippen molar-refractivity contribution >= 4 is 15.9 Å². The van der Waals surface area contributed by atoms with Crippen LogP contribution in [-0.2, 0) is 6.42 Å². The van der Waals surface area contributed by atoms with Gasteiger partial charge >= 0.3 is 0 Å². The van der Waals surface area contributed by atoms with Gasteiger partial charge in [0.05, 0.1) is 4.47 Å². The second-order valence-electron chi connectivity index (χ2n) is 5.75. The maximum absolute atomic E-state index is 13.2. The van der Waals surface area contributed by atoms with Crippen LogP contribution in [0.4, 0.5) is 4.39 Å². The van der Waals surface area contributed by atoms with Crippen molar-refractivity contribution in [2.45, 2.75) is 45.1 Å². The summed E-state index contributed by atoms with van der Waals surface area (Å²) in [5, 5.41) is 0. The molecule has 1 saturated carbocycles. The van der Waals surface area contributed by atoms with Gasteiger partial charge in [-0.2, -0.15) is 0 Å². The molecule has 1 aliphatic rings. The molecule has 1 unspecified atom stereocenters. The molecule has 0 aromatic heterocycles. The highest BCUT2D eigenvalue weighted by Gasteiger charge is 2.25. The lowest BCUT2D eigenvalue weighted by atomic mass is 9.78. The van der Waals surface area contributed by atoms with Gasteiger partial charge in [0.25, 0.3) is 0 Å². The van der Waals surface area contributed by atoms with Crippen molar-refractivity contribution in [3.63, 3.8) is 0 Å². The molecule has 1 atom stereocenters. The van der Waals surface area contributed by atoms with Gasteiger partial charge in [-0.25, -0.2) is 4.39 Å². The maximum atomic E-state index is 13.2. The highest BCUT2D eigenvalue weighted by atomic mass is 79.9. The van der Waals surface area contributed by atoms with E-state index in [4.69, 9.17) is 5.84 Å². The summed E-state index contributed by atoms with van der Waals surface area (Å²) in [5.74, 6) is 6.97. The molecule has 4 heteroatoms. The molecular weight excluding hydrogens is 307 g/mol. The Bertz CT molecular complexity index is 417. The summed E-state index contributed by atoms with van der Waals surface area (Å²) in [6.07, 6.45) is 5.90. The van der Waals surface area contributed by atoms with E-state index >= 15 is 0 Å². The van der Waals surface area contributed by atoms with Crippen molar-refractivity contribution in [3.05, 3.63) is 34.1 Å². The van der Waals surface area contributed by atoms with Gasteiger partial charge in [0.15, 0.2) is 0 Å². The van der Waals surface area contributed by atoms with E-state index in [1.165, 1.54) is 31.7 Å². The largest absolute Gasteiger partial charge is 0.271 e. The van der Waals surface area contributed by atoms with Crippen LogP contribution in [0.2, 0.25) is 0 Å². The third-order valence-corrected chi connectivity index (χ3v) is 4.89. The van der Waals surface area contributed by atoms with Crippen LogP contribution in [0.25, 0.3) is 0 Å². The lowest BCUT2D eigenvalue weighted by Gasteiger charge is -2.32. The van der Waals surface area contributed by atoms with Gasteiger partial charge < -0.3 is 0 Å². The molecule has 3 N–H and O–H groups in total. The zero-order chi connectivity index (χ0) is 13.8. The number of nitrogens with one attached hydrogen (secondary N) is 1. The minimum absolute atomic E-state index is 0.215. The van der Waals surface area contributed by atoms with Crippen LogP contribution in [0, 0.1) is 17.7 Å². The summed E-state index contributed by atoms with van der Waals surface area (Å²) >= 11 is 3.24. The molecule has 0 radical (unpaired) electrons. The zero-order valence-electron chi connectivity index (χ0n) is 11.3. The fourth-order valence-electron chi connectivity index (χ4n) is 2.97. The first-order chi connectivity index (χ1) is 9.10. The highest BCUT2D eigenvalue weighted by Crippen LogP contribution is 2.31. The molecule has 0 spiro atoms. The van der Waals surface area contributed by atoms with Crippen molar-refractivity contribution in [2.24, 2.45) is 17.7 Å². The molecule has 1 aromatic carbocycles. The van der Waals surface area contributed by atoms with Crippen LogP contribution < -0.4 is 11.3 Å². The molecule has 1 aromatic rings. The van der Waals surface area contributed by atoms with E-state index < -0.39 is 0 Å².